The molecule has 0 unspecified atom stereocenters. The highest BCUT2D eigenvalue weighted by molar-refractivity contribution is 9.11. The predicted octanol–water partition coefficient (Wildman–Crippen LogP) is 1.66. The number of hydrogen-bond donors (Lipinski definition) is 4. The number of urea groups is 1. The zero-order valence-electron chi connectivity index (χ0n) is 10.0. The molecule has 0 spiro atoms. The van der Waals surface area contributed by atoms with Crippen molar-refractivity contribution in [3.05, 3.63) is 27.1 Å². The van der Waals surface area contributed by atoms with Crippen molar-refractivity contribution in [1.29, 1.82) is 0 Å². The van der Waals surface area contributed by atoms with Crippen molar-refractivity contribution >= 4 is 55.5 Å². The number of hydrogen-bond acceptors (Lipinski definition) is 3. The van der Waals surface area contributed by atoms with Crippen LogP contribution in [-0.2, 0) is 9.59 Å². The molecule has 0 aromatic heterocycles. The summed E-state index contributed by atoms with van der Waals surface area (Å²) in [6.07, 6.45) is -0.484. The lowest BCUT2D eigenvalue weighted by molar-refractivity contribution is -0.140. The quantitative estimate of drug-likeness (QED) is 0.591. The Balaban J connectivity index is 2.72. The first-order valence-corrected chi connectivity index (χ1v) is 6.92. The molecule has 0 saturated heterocycles. The van der Waals surface area contributed by atoms with Crippen molar-refractivity contribution < 1.29 is 19.5 Å². The average Bonchev–Trinajstić information content (AvgIpc) is 2.32. The topological polar surface area (TPSA) is 122 Å². The third-order valence-electron chi connectivity index (χ3n) is 2.19. The Morgan fingerprint density at radius 3 is 2.50 bits per heavy atom. The Morgan fingerprint density at radius 1 is 1.30 bits per heavy atom. The second-order valence-electron chi connectivity index (χ2n) is 3.78. The number of primary amides is 1. The average molecular weight is 409 g/mol. The van der Waals surface area contributed by atoms with Gasteiger partial charge in [0.25, 0.3) is 0 Å². The number of carboxylic acid groups (broad SMARTS) is 1. The third-order valence-corrected chi connectivity index (χ3v) is 3.37. The van der Waals surface area contributed by atoms with Gasteiger partial charge in [0.1, 0.15) is 6.04 Å². The first kappa shape index (κ1) is 16.4. The summed E-state index contributed by atoms with van der Waals surface area (Å²) in [7, 11) is 0. The van der Waals surface area contributed by atoms with Crippen LogP contribution in [-0.4, -0.2) is 29.1 Å². The monoisotopic (exact) mass is 407 g/mol. The number of amides is 3. The minimum atomic E-state index is -1.38. The summed E-state index contributed by atoms with van der Waals surface area (Å²) in [6, 6.07) is 2.97. The van der Waals surface area contributed by atoms with Crippen LogP contribution in [0, 0.1) is 0 Å². The van der Waals surface area contributed by atoms with Crippen LogP contribution in [0.2, 0.25) is 0 Å². The second kappa shape index (κ2) is 7.25. The number of rotatable bonds is 5. The molecule has 0 aliphatic heterocycles. The highest BCUT2D eigenvalue weighted by atomic mass is 79.9. The maximum Gasteiger partial charge on any atom is 0.326 e. The fraction of sp³-hybridized carbons (Fsp3) is 0.182. The molecule has 1 aromatic carbocycles. The molecule has 7 nitrogen and oxygen atoms in total. The molecular weight excluding hydrogens is 398 g/mol. The lowest BCUT2D eigenvalue weighted by Gasteiger charge is -2.14. The SMILES string of the molecule is NC(=O)C[C@H](NC(=O)Nc1cc(Br)ccc1Br)C(=O)O. The molecule has 5 N–H and O–H groups in total. The number of carbonyl (C=O) groups is 3. The Labute approximate surface area is 131 Å². The van der Waals surface area contributed by atoms with E-state index in [0.29, 0.717) is 10.2 Å². The zero-order chi connectivity index (χ0) is 15.3. The molecule has 0 bridgehead atoms. The number of carbonyl (C=O) groups excluding carboxylic acids is 2. The van der Waals surface area contributed by atoms with Gasteiger partial charge in [-0.1, -0.05) is 15.9 Å². The van der Waals surface area contributed by atoms with Crippen LogP contribution in [0.15, 0.2) is 27.1 Å². The third kappa shape index (κ3) is 5.17. The molecule has 108 valence electrons. The summed E-state index contributed by atoms with van der Waals surface area (Å²) in [5, 5.41) is 13.5. The Bertz CT molecular complexity index is 550. The molecular formula is C11H11Br2N3O4. The van der Waals surface area contributed by atoms with E-state index in [4.69, 9.17) is 10.8 Å². The molecule has 0 fully saturated rings. The number of aliphatic carboxylic acids is 1. The first-order chi connectivity index (χ1) is 9.29. The van der Waals surface area contributed by atoms with E-state index in [-0.39, 0.29) is 0 Å². The van der Waals surface area contributed by atoms with E-state index in [0.717, 1.165) is 4.47 Å². The Morgan fingerprint density at radius 2 is 1.95 bits per heavy atom. The summed E-state index contributed by atoms with van der Waals surface area (Å²) in [5.41, 5.74) is 5.36. The molecule has 0 aliphatic carbocycles. The van der Waals surface area contributed by atoms with Gasteiger partial charge in [-0.25, -0.2) is 9.59 Å². The number of benzene rings is 1. The fourth-order valence-corrected chi connectivity index (χ4v) is 2.02. The molecule has 0 aliphatic rings. The van der Waals surface area contributed by atoms with E-state index in [2.05, 4.69) is 42.5 Å². The van der Waals surface area contributed by atoms with Gasteiger partial charge in [-0.3, -0.25) is 4.79 Å². The van der Waals surface area contributed by atoms with Crippen LogP contribution in [0.5, 0.6) is 0 Å². The lowest BCUT2D eigenvalue weighted by atomic mass is 10.2. The number of halogens is 2. The zero-order valence-corrected chi connectivity index (χ0v) is 13.2. The van der Waals surface area contributed by atoms with Gasteiger partial charge in [-0.2, -0.15) is 0 Å². The van der Waals surface area contributed by atoms with Crippen LogP contribution < -0.4 is 16.4 Å². The van der Waals surface area contributed by atoms with E-state index in [1.165, 1.54) is 0 Å². The maximum absolute atomic E-state index is 11.7. The molecule has 1 aromatic rings. The number of nitrogens with two attached hydrogens (primary N) is 1. The van der Waals surface area contributed by atoms with Crippen LogP contribution in [0.3, 0.4) is 0 Å². The molecule has 1 atom stereocenters. The number of anilines is 1. The van der Waals surface area contributed by atoms with Gasteiger partial charge in [-0.05, 0) is 34.1 Å². The summed E-state index contributed by atoms with van der Waals surface area (Å²) in [5.74, 6) is -2.16. The van der Waals surface area contributed by atoms with E-state index in [1.54, 1.807) is 18.2 Å². The maximum atomic E-state index is 11.7. The van der Waals surface area contributed by atoms with Crippen molar-refractivity contribution in [2.24, 2.45) is 5.73 Å². The van der Waals surface area contributed by atoms with Gasteiger partial charge in [0.2, 0.25) is 5.91 Å². The highest BCUT2D eigenvalue weighted by Crippen LogP contribution is 2.25. The van der Waals surface area contributed by atoms with Gasteiger partial charge < -0.3 is 21.5 Å². The van der Waals surface area contributed by atoms with Gasteiger partial charge in [0.05, 0.1) is 12.1 Å². The van der Waals surface area contributed by atoms with E-state index < -0.39 is 30.4 Å². The van der Waals surface area contributed by atoms with E-state index in [9.17, 15) is 14.4 Å². The highest BCUT2D eigenvalue weighted by Gasteiger charge is 2.22. The van der Waals surface area contributed by atoms with Crippen molar-refractivity contribution in [2.45, 2.75) is 12.5 Å². The molecule has 0 radical (unpaired) electrons. The van der Waals surface area contributed by atoms with Gasteiger partial charge in [-0.15, -0.1) is 0 Å². The predicted molar refractivity (Wildman–Crippen MR) is 79.2 cm³/mol. The van der Waals surface area contributed by atoms with E-state index >= 15 is 0 Å². The molecule has 9 heteroatoms. The van der Waals surface area contributed by atoms with Crippen molar-refractivity contribution in [1.82, 2.24) is 5.32 Å². The fourth-order valence-electron chi connectivity index (χ4n) is 1.31. The summed E-state index contributed by atoms with van der Waals surface area (Å²) < 4.78 is 1.36. The van der Waals surface area contributed by atoms with Crippen LogP contribution >= 0.6 is 31.9 Å². The Kier molecular flexibility index (Phi) is 5.96. The van der Waals surface area contributed by atoms with Gasteiger partial charge in [0.15, 0.2) is 0 Å². The largest absolute Gasteiger partial charge is 0.480 e. The Hall–Kier alpha value is -1.61. The first-order valence-electron chi connectivity index (χ1n) is 5.33. The summed E-state index contributed by atoms with van der Waals surface area (Å²) in [6.45, 7) is 0. The standard InChI is InChI=1S/C11H11Br2N3O4/c12-5-1-2-6(13)7(3-5)15-11(20)16-8(10(18)19)4-9(14)17/h1-3,8H,4H2,(H2,14,17)(H,18,19)(H2,15,16,20)/t8-/m0/s1. The molecule has 3 amide bonds. The minimum Gasteiger partial charge on any atom is -0.480 e. The van der Waals surface area contributed by atoms with E-state index in [1.807, 2.05) is 0 Å². The van der Waals surface area contributed by atoms with Crippen molar-refractivity contribution in [2.75, 3.05) is 5.32 Å². The molecule has 0 saturated carbocycles. The van der Waals surface area contributed by atoms with Gasteiger partial charge in [0, 0.05) is 8.95 Å². The molecule has 1 rings (SSSR count). The summed E-state index contributed by atoms with van der Waals surface area (Å²) >= 11 is 6.49. The number of nitrogens with one attached hydrogen (secondary N) is 2. The minimum absolute atomic E-state index is 0.445. The molecule has 0 heterocycles. The number of carboxylic acids is 1. The van der Waals surface area contributed by atoms with Gasteiger partial charge >= 0.3 is 12.0 Å². The van der Waals surface area contributed by atoms with Crippen molar-refractivity contribution in [3.8, 4) is 0 Å². The lowest BCUT2D eigenvalue weighted by Crippen LogP contribution is -2.45. The normalized spacial score (nSPS) is 11.5. The van der Waals surface area contributed by atoms with Crippen LogP contribution in [0.25, 0.3) is 0 Å². The van der Waals surface area contributed by atoms with Crippen LogP contribution in [0.1, 0.15) is 6.42 Å². The molecule has 20 heavy (non-hydrogen) atoms. The summed E-state index contributed by atoms with van der Waals surface area (Å²) in [4.78, 5) is 33.3. The van der Waals surface area contributed by atoms with Crippen molar-refractivity contribution in [3.63, 3.8) is 0 Å². The smallest absolute Gasteiger partial charge is 0.326 e. The van der Waals surface area contributed by atoms with Crippen LogP contribution in [0.4, 0.5) is 10.5 Å². The second-order valence-corrected chi connectivity index (χ2v) is 5.55.